The van der Waals surface area contributed by atoms with Crippen LogP contribution in [0.25, 0.3) is 0 Å². The summed E-state index contributed by atoms with van der Waals surface area (Å²) < 4.78 is 16.2. The number of aromatic nitrogens is 1. The Labute approximate surface area is 201 Å². The first-order valence-corrected chi connectivity index (χ1v) is 10.4. The molecule has 1 aliphatic rings. The molecule has 1 aromatic heterocycles. The van der Waals surface area contributed by atoms with Crippen molar-refractivity contribution in [2.75, 3.05) is 39.3 Å². The first-order chi connectivity index (χ1) is 14.5. The molecule has 3 rings (SSSR count). The van der Waals surface area contributed by atoms with Gasteiger partial charge in [-0.1, -0.05) is 19.0 Å². The van der Waals surface area contributed by atoms with Gasteiger partial charge in [0.2, 0.25) is 0 Å². The molecule has 172 valence electrons. The molecule has 0 unspecified atom stereocenters. The molecule has 0 aliphatic carbocycles. The summed E-state index contributed by atoms with van der Waals surface area (Å²) >= 11 is 0. The van der Waals surface area contributed by atoms with Gasteiger partial charge in [0.15, 0.2) is 11.7 Å². The van der Waals surface area contributed by atoms with Gasteiger partial charge >= 0.3 is 0 Å². The number of aliphatic imine (C=N–C) groups is 1. The lowest BCUT2D eigenvalue weighted by Crippen LogP contribution is -2.48. The summed E-state index contributed by atoms with van der Waals surface area (Å²) in [7, 11) is 5.14. The van der Waals surface area contributed by atoms with Crippen molar-refractivity contribution in [2.24, 2.45) is 4.99 Å². The average Bonchev–Trinajstić information content (AvgIpc) is 3.26. The Morgan fingerprint density at radius 1 is 1.16 bits per heavy atom. The third-order valence-corrected chi connectivity index (χ3v) is 5.36. The Morgan fingerprint density at radius 2 is 1.81 bits per heavy atom. The number of rotatable bonds is 7. The fraction of sp³-hybridized carbons (Fsp3) is 0.545. The lowest BCUT2D eigenvalue weighted by atomic mass is 10.0. The van der Waals surface area contributed by atoms with Gasteiger partial charge in [0, 0.05) is 56.1 Å². The second-order valence-electron chi connectivity index (χ2n) is 7.78. The van der Waals surface area contributed by atoms with E-state index < -0.39 is 0 Å². The topological polar surface area (TPSA) is 84.2 Å². The number of guanidine groups is 1. The zero-order valence-electron chi connectivity index (χ0n) is 19.0. The number of hydrogen-bond acceptors (Lipinski definition) is 6. The minimum absolute atomic E-state index is 0. The number of benzene rings is 1. The van der Waals surface area contributed by atoms with Crippen LogP contribution < -0.4 is 25.0 Å². The highest BCUT2D eigenvalue weighted by atomic mass is 127. The molecule has 1 saturated heterocycles. The van der Waals surface area contributed by atoms with Gasteiger partial charge in [-0.15, -0.1) is 24.0 Å². The quantitative estimate of drug-likeness (QED) is 0.313. The van der Waals surface area contributed by atoms with Crippen LogP contribution in [-0.2, 0) is 6.54 Å². The van der Waals surface area contributed by atoms with Crippen LogP contribution in [0.15, 0.2) is 33.8 Å². The molecule has 2 aromatic rings. The number of nitrogens with one attached hydrogen (secondary N) is 2. The Balaban J connectivity index is 0.00000341. The van der Waals surface area contributed by atoms with Crippen LogP contribution in [0.1, 0.15) is 44.1 Å². The number of anilines is 1. The summed E-state index contributed by atoms with van der Waals surface area (Å²) in [6.07, 6.45) is 2.03. The SMILES string of the molecule is CN=C(NCc1cc(C(C)C)no1)NC1CCN(c2cc(OC)cc(OC)c2)CC1.I. The van der Waals surface area contributed by atoms with Crippen LogP contribution in [0.4, 0.5) is 5.69 Å². The van der Waals surface area contributed by atoms with E-state index in [4.69, 9.17) is 14.0 Å². The van der Waals surface area contributed by atoms with Crippen molar-refractivity contribution >= 4 is 35.6 Å². The molecule has 1 aromatic carbocycles. The maximum Gasteiger partial charge on any atom is 0.191 e. The fourth-order valence-electron chi connectivity index (χ4n) is 3.50. The molecule has 0 saturated carbocycles. The molecule has 1 aliphatic heterocycles. The molecule has 1 fully saturated rings. The Bertz CT molecular complexity index is 825. The molecule has 0 bridgehead atoms. The number of nitrogens with zero attached hydrogens (tertiary/aromatic N) is 3. The van der Waals surface area contributed by atoms with Gasteiger partial charge in [0.05, 0.1) is 26.5 Å². The van der Waals surface area contributed by atoms with Gasteiger partial charge in [0.25, 0.3) is 0 Å². The number of halogens is 1. The summed E-state index contributed by atoms with van der Waals surface area (Å²) in [6.45, 7) is 6.66. The van der Waals surface area contributed by atoms with Crippen molar-refractivity contribution in [1.29, 1.82) is 0 Å². The van der Waals surface area contributed by atoms with Gasteiger partial charge in [0.1, 0.15) is 11.5 Å². The van der Waals surface area contributed by atoms with Gasteiger partial charge < -0.3 is 29.5 Å². The summed E-state index contributed by atoms with van der Waals surface area (Å²) in [5.74, 6) is 3.56. The highest BCUT2D eigenvalue weighted by Crippen LogP contribution is 2.30. The maximum atomic E-state index is 5.40. The van der Waals surface area contributed by atoms with Crippen LogP contribution in [0.2, 0.25) is 0 Å². The first-order valence-electron chi connectivity index (χ1n) is 10.4. The Kier molecular flexibility index (Phi) is 9.73. The van der Waals surface area contributed by atoms with Crippen molar-refractivity contribution in [3.8, 4) is 11.5 Å². The molecule has 0 atom stereocenters. The summed E-state index contributed by atoms with van der Waals surface area (Å²) in [5, 5.41) is 10.9. The fourth-order valence-corrected chi connectivity index (χ4v) is 3.50. The molecule has 31 heavy (non-hydrogen) atoms. The van der Waals surface area contributed by atoms with E-state index in [1.807, 2.05) is 12.1 Å². The molecule has 2 N–H and O–H groups in total. The maximum absolute atomic E-state index is 5.40. The monoisotopic (exact) mass is 543 g/mol. The van der Waals surface area contributed by atoms with Gasteiger partial charge in [-0.05, 0) is 18.8 Å². The molecule has 0 amide bonds. The number of hydrogen-bond donors (Lipinski definition) is 2. The molecule has 8 nitrogen and oxygen atoms in total. The molecular formula is C22H34IN5O3. The van der Waals surface area contributed by atoms with Gasteiger partial charge in [-0.3, -0.25) is 4.99 Å². The van der Waals surface area contributed by atoms with E-state index in [1.165, 1.54) is 0 Å². The third kappa shape index (κ3) is 6.91. The van der Waals surface area contributed by atoms with Crippen molar-refractivity contribution in [2.45, 2.75) is 45.2 Å². The van der Waals surface area contributed by atoms with Crippen LogP contribution in [-0.4, -0.2) is 51.5 Å². The molecular weight excluding hydrogens is 509 g/mol. The van der Waals surface area contributed by atoms with Crippen molar-refractivity contribution in [3.05, 3.63) is 35.7 Å². The Morgan fingerprint density at radius 3 is 2.32 bits per heavy atom. The van der Waals surface area contributed by atoms with E-state index in [1.54, 1.807) is 21.3 Å². The second-order valence-corrected chi connectivity index (χ2v) is 7.78. The predicted molar refractivity (Wildman–Crippen MR) is 134 cm³/mol. The van der Waals surface area contributed by atoms with Crippen molar-refractivity contribution in [1.82, 2.24) is 15.8 Å². The highest BCUT2D eigenvalue weighted by Gasteiger charge is 2.21. The molecule has 2 heterocycles. The summed E-state index contributed by atoms with van der Waals surface area (Å²) in [6, 6.07) is 8.36. The van der Waals surface area contributed by atoms with E-state index >= 15 is 0 Å². The minimum Gasteiger partial charge on any atom is -0.497 e. The molecule has 0 radical (unpaired) electrons. The van der Waals surface area contributed by atoms with Gasteiger partial charge in [-0.25, -0.2) is 0 Å². The predicted octanol–water partition coefficient (Wildman–Crippen LogP) is 3.77. The van der Waals surface area contributed by atoms with Crippen molar-refractivity contribution in [3.63, 3.8) is 0 Å². The zero-order valence-corrected chi connectivity index (χ0v) is 21.3. The largest absolute Gasteiger partial charge is 0.497 e. The second kappa shape index (κ2) is 12.0. The lowest BCUT2D eigenvalue weighted by Gasteiger charge is -2.34. The Hall–Kier alpha value is -2.17. The third-order valence-electron chi connectivity index (χ3n) is 5.36. The minimum atomic E-state index is 0. The van der Waals surface area contributed by atoms with E-state index in [9.17, 15) is 0 Å². The van der Waals surface area contributed by atoms with E-state index in [0.29, 0.717) is 18.5 Å². The zero-order chi connectivity index (χ0) is 21.5. The number of methoxy groups -OCH3 is 2. The smallest absolute Gasteiger partial charge is 0.191 e. The van der Waals surface area contributed by atoms with Crippen LogP contribution in [0.3, 0.4) is 0 Å². The van der Waals surface area contributed by atoms with E-state index in [0.717, 1.165) is 60.5 Å². The standard InChI is InChI=1S/C22H33N5O3.HI/c1-15(2)21-13-20(30-26-21)14-24-22(23-3)25-16-6-8-27(9-7-16)17-10-18(28-4)12-19(11-17)29-5;/h10-13,15-16H,6-9,14H2,1-5H3,(H2,23,24,25);1H. The van der Waals surface area contributed by atoms with Crippen molar-refractivity contribution < 1.29 is 14.0 Å². The summed E-state index contributed by atoms with van der Waals surface area (Å²) in [4.78, 5) is 6.71. The number of ether oxygens (including phenoxy) is 2. The molecule has 0 spiro atoms. The highest BCUT2D eigenvalue weighted by molar-refractivity contribution is 14.0. The summed E-state index contributed by atoms with van der Waals surface area (Å²) in [5.41, 5.74) is 2.09. The van der Waals surface area contributed by atoms with Gasteiger partial charge in [-0.2, -0.15) is 0 Å². The van der Waals surface area contributed by atoms with Crippen LogP contribution in [0, 0.1) is 0 Å². The first kappa shape index (κ1) is 25.1. The van der Waals surface area contributed by atoms with E-state index in [-0.39, 0.29) is 24.0 Å². The lowest BCUT2D eigenvalue weighted by molar-refractivity contribution is 0.371. The average molecular weight is 543 g/mol. The normalized spacial score (nSPS) is 14.9. The van der Waals surface area contributed by atoms with E-state index in [2.05, 4.69) is 51.7 Å². The molecule has 9 heteroatoms. The van der Waals surface area contributed by atoms with Crippen LogP contribution in [0.5, 0.6) is 11.5 Å². The van der Waals surface area contributed by atoms with Crippen LogP contribution >= 0.6 is 24.0 Å². The number of piperidine rings is 1.